The maximum absolute atomic E-state index is 11.9. The third-order valence-electron chi connectivity index (χ3n) is 4.43. The summed E-state index contributed by atoms with van der Waals surface area (Å²) in [6, 6.07) is 9.79. The van der Waals surface area contributed by atoms with E-state index in [0.29, 0.717) is 18.7 Å². The van der Waals surface area contributed by atoms with E-state index in [0.717, 1.165) is 5.56 Å². The molecule has 4 rings (SSSR count). The van der Waals surface area contributed by atoms with Crippen LogP contribution < -0.4 is 11.3 Å². The van der Waals surface area contributed by atoms with E-state index in [9.17, 15) is 9.90 Å². The number of hydrogen-bond acceptors (Lipinski definition) is 8. The number of aromatic nitrogens is 4. The Hall–Kier alpha value is -2.79. The summed E-state index contributed by atoms with van der Waals surface area (Å²) < 4.78 is 17.7. The second-order valence-electron chi connectivity index (χ2n) is 6.57. The van der Waals surface area contributed by atoms with Crippen molar-refractivity contribution in [2.45, 2.75) is 59.2 Å². The van der Waals surface area contributed by atoms with Crippen molar-refractivity contribution in [2.75, 3.05) is 26.6 Å². The number of imidazole rings is 1. The first-order chi connectivity index (χ1) is 16.1. The number of nitrogens with zero attached hydrogens (tertiary/aromatic N) is 3. The van der Waals surface area contributed by atoms with Crippen LogP contribution in [0.4, 0.5) is 5.95 Å². The molecule has 3 heterocycles. The molecule has 2 unspecified atom stereocenters. The van der Waals surface area contributed by atoms with Crippen molar-refractivity contribution in [3.63, 3.8) is 0 Å². The van der Waals surface area contributed by atoms with Gasteiger partial charge in [-0.25, -0.2) is 4.98 Å². The van der Waals surface area contributed by atoms with Crippen molar-refractivity contribution in [1.82, 2.24) is 19.5 Å². The number of benzene rings is 1. The zero-order valence-electron chi connectivity index (χ0n) is 20.3. The lowest BCUT2D eigenvalue weighted by atomic mass is 10.1. The average molecular weight is 464 g/mol. The minimum absolute atomic E-state index is 0.0119. The summed E-state index contributed by atoms with van der Waals surface area (Å²) in [5.41, 5.74) is 6.81. The lowest BCUT2D eigenvalue weighted by molar-refractivity contribution is -0.0641. The van der Waals surface area contributed by atoms with Gasteiger partial charge < -0.3 is 25.1 Å². The number of anilines is 1. The molecule has 0 spiro atoms. The number of nitrogens with two attached hydrogens (primary N) is 1. The monoisotopic (exact) mass is 463 g/mol. The Labute approximate surface area is 194 Å². The van der Waals surface area contributed by atoms with Crippen LogP contribution in [0.1, 0.15) is 45.9 Å². The topological polar surface area (TPSA) is 138 Å². The Morgan fingerprint density at radius 1 is 1.21 bits per heavy atom. The summed E-state index contributed by atoms with van der Waals surface area (Å²) >= 11 is 0. The fourth-order valence-electron chi connectivity index (χ4n) is 3.14. The zero-order chi connectivity index (χ0) is 24.8. The molecule has 1 aliphatic heterocycles. The summed E-state index contributed by atoms with van der Waals surface area (Å²) in [7, 11) is 3.25. The largest absolute Gasteiger partial charge is 0.394 e. The van der Waals surface area contributed by atoms with Crippen molar-refractivity contribution < 1.29 is 19.3 Å². The maximum Gasteiger partial charge on any atom is 0.280 e. The van der Waals surface area contributed by atoms with Crippen molar-refractivity contribution >= 4 is 17.1 Å². The first-order valence-corrected chi connectivity index (χ1v) is 11.1. The molecule has 33 heavy (non-hydrogen) atoms. The van der Waals surface area contributed by atoms with Gasteiger partial charge in [0.25, 0.3) is 5.56 Å². The van der Waals surface area contributed by atoms with Crippen LogP contribution in [0, 0.1) is 0 Å². The molecule has 4 N–H and O–H groups in total. The molecule has 1 fully saturated rings. The third-order valence-corrected chi connectivity index (χ3v) is 4.43. The van der Waals surface area contributed by atoms with E-state index in [2.05, 4.69) is 19.7 Å². The molecular formula is C23H37N5O5. The molecule has 0 amide bonds. The van der Waals surface area contributed by atoms with Gasteiger partial charge in [0.1, 0.15) is 12.3 Å². The van der Waals surface area contributed by atoms with Gasteiger partial charge in [-0.1, -0.05) is 58.0 Å². The van der Waals surface area contributed by atoms with Crippen LogP contribution in [0.25, 0.3) is 11.2 Å². The van der Waals surface area contributed by atoms with Gasteiger partial charge in [0.15, 0.2) is 11.2 Å². The lowest BCUT2D eigenvalue weighted by Crippen LogP contribution is -2.27. The Bertz CT molecular complexity index is 976. The fraction of sp³-hybridized carbons (Fsp3) is 0.522. The number of ether oxygens (including phenoxy) is 3. The highest BCUT2D eigenvalue weighted by Gasteiger charge is 2.37. The van der Waals surface area contributed by atoms with Gasteiger partial charge in [-0.2, -0.15) is 4.98 Å². The first kappa shape index (κ1) is 28.2. The molecule has 0 aliphatic carbocycles. The van der Waals surface area contributed by atoms with Crippen LogP contribution in [-0.2, 0) is 20.8 Å². The molecule has 2 aromatic heterocycles. The minimum Gasteiger partial charge on any atom is -0.394 e. The van der Waals surface area contributed by atoms with Gasteiger partial charge in [0, 0.05) is 20.6 Å². The summed E-state index contributed by atoms with van der Waals surface area (Å²) in [6.07, 6.45) is 0.775. The molecule has 184 valence electrons. The molecule has 1 saturated heterocycles. The number of aliphatic hydroxyl groups excluding tert-OH is 1. The number of aliphatic hydroxyl groups is 1. The van der Waals surface area contributed by atoms with Gasteiger partial charge in [-0.3, -0.25) is 14.3 Å². The molecule has 0 saturated carbocycles. The van der Waals surface area contributed by atoms with Crippen LogP contribution in [0.3, 0.4) is 0 Å². The molecule has 10 heteroatoms. The highest BCUT2D eigenvalue weighted by molar-refractivity contribution is 5.70. The maximum atomic E-state index is 11.9. The predicted octanol–water partition coefficient (Wildman–Crippen LogP) is 2.88. The summed E-state index contributed by atoms with van der Waals surface area (Å²) in [5, 5.41) is 9.63. The number of H-pyrrole nitrogens is 1. The summed E-state index contributed by atoms with van der Waals surface area (Å²) in [4.78, 5) is 22.6. The molecule has 0 bridgehead atoms. The van der Waals surface area contributed by atoms with Gasteiger partial charge in [0.2, 0.25) is 5.95 Å². The SMILES string of the molecule is CC.CC.COC.Nc1nc2c(ncn2C2C[C@H](OCc3ccccc3)C(CO)O2)c(=O)[nH]1. The molecule has 3 atom stereocenters. The van der Waals surface area contributed by atoms with Gasteiger partial charge in [-0.05, 0) is 5.56 Å². The van der Waals surface area contributed by atoms with Crippen molar-refractivity contribution in [3.05, 3.63) is 52.6 Å². The minimum atomic E-state index is -0.472. The Balaban J connectivity index is 0.000000705. The summed E-state index contributed by atoms with van der Waals surface area (Å²) in [6.45, 7) is 8.26. The molecule has 1 aliphatic rings. The number of rotatable bonds is 5. The van der Waals surface area contributed by atoms with Gasteiger partial charge in [-0.15, -0.1) is 0 Å². The predicted molar refractivity (Wildman–Crippen MR) is 129 cm³/mol. The van der Waals surface area contributed by atoms with Crippen LogP contribution in [0.2, 0.25) is 0 Å². The molecular weight excluding hydrogens is 426 g/mol. The quantitative estimate of drug-likeness (QED) is 0.525. The lowest BCUT2D eigenvalue weighted by Gasteiger charge is -2.16. The van der Waals surface area contributed by atoms with Crippen molar-refractivity contribution in [2.24, 2.45) is 0 Å². The highest BCUT2D eigenvalue weighted by atomic mass is 16.6. The van der Waals surface area contributed by atoms with Crippen LogP contribution >= 0.6 is 0 Å². The zero-order valence-corrected chi connectivity index (χ0v) is 20.3. The number of nitrogen functional groups attached to an aromatic ring is 1. The Morgan fingerprint density at radius 2 is 1.85 bits per heavy atom. The molecule has 1 aromatic carbocycles. The number of nitrogens with one attached hydrogen (secondary N) is 1. The van der Waals surface area contributed by atoms with Crippen molar-refractivity contribution in [3.8, 4) is 0 Å². The number of methoxy groups -OCH3 is 1. The van der Waals surface area contributed by atoms with E-state index in [1.165, 1.54) is 6.33 Å². The Kier molecular flexibility index (Phi) is 12.9. The van der Waals surface area contributed by atoms with E-state index in [-0.39, 0.29) is 24.2 Å². The standard InChI is InChI=1S/C17H19N5O4.C2H6O.2C2H6/c18-17-20-15-14(16(24)21-17)19-9-22(15)13-6-11(12(7-23)26-13)25-8-10-4-2-1-3-5-10;1-3-2;2*1-2/h1-5,9,11-13,23H,6-8H2,(H3,18,20,21,24);1-2H3;2*1-2H3/t11-,12?,13?;;;/m0.../s1. The number of hydrogen-bond donors (Lipinski definition) is 3. The van der Waals surface area contributed by atoms with E-state index < -0.39 is 17.9 Å². The normalized spacial score (nSPS) is 18.9. The van der Waals surface area contributed by atoms with Crippen LogP contribution in [0.5, 0.6) is 0 Å². The van der Waals surface area contributed by atoms with Gasteiger partial charge >= 0.3 is 0 Å². The average Bonchev–Trinajstić information content (AvgIpc) is 3.45. The first-order valence-electron chi connectivity index (χ1n) is 11.1. The van der Waals surface area contributed by atoms with Gasteiger partial charge in [0.05, 0.1) is 25.6 Å². The summed E-state index contributed by atoms with van der Waals surface area (Å²) in [5.74, 6) is 0.0119. The van der Waals surface area contributed by atoms with E-state index in [4.69, 9.17) is 15.2 Å². The number of fused-ring (bicyclic) bond motifs is 1. The molecule has 0 radical (unpaired) electrons. The van der Waals surface area contributed by atoms with E-state index in [1.54, 1.807) is 18.8 Å². The van der Waals surface area contributed by atoms with Crippen LogP contribution in [-0.4, -0.2) is 57.7 Å². The number of aromatic amines is 1. The van der Waals surface area contributed by atoms with Crippen LogP contribution in [0.15, 0.2) is 41.5 Å². The fourth-order valence-corrected chi connectivity index (χ4v) is 3.14. The Morgan fingerprint density at radius 3 is 2.45 bits per heavy atom. The van der Waals surface area contributed by atoms with Crippen molar-refractivity contribution in [1.29, 1.82) is 0 Å². The highest BCUT2D eigenvalue weighted by Crippen LogP contribution is 2.32. The molecule has 10 nitrogen and oxygen atoms in total. The molecule has 3 aromatic rings. The third kappa shape index (κ3) is 7.64. The van der Waals surface area contributed by atoms with E-state index in [1.807, 2.05) is 58.0 Å². The second-order valence-corrected chi connectivity index (χ2v) is 6.57. The smallest absolute Gasteiger partial charge is 0.280 e. The van der Waals surface area contributed by atoms with E-state index >= 15 is 0 Å². The second kappa shape index (κ2) is 15.1.